The normalized spacial score (nSPS) is 15.2. The van der Waals surface area contributed by atoms with E-state index in [-0.39, 0.29) is 16.8 Å². The molecule has 0 saturated carbocycles. The van der Waals surface area contributed by atoms with Gasteiger partial charge in [-0.05, 0) is 65.0 Å². The van der Waals surface area contributed by atoms with Gasteiger partial charge in [0.15, 0.2) is 18.2 Å². The molecule has 1 aromatic carbocycles. The lowest BCUT2D eigenvalue weighted by atomic mass is 10.0. The van der Waals surface area contributed by atoms with Gasteiger partial charge in [0, 0.05) is 36.3 Å². The van der Waals surface area contributed by atoms with Crippen molar-refractivity contribution in [2.45, 2.75) is 46.1 Å². The van der Waals surface area contributed by atoms with Gasteiger partial charge in [0.25, 0.3) is 0 Å². The monoisotopic (exact) mass is 570 g/mol. The van der Waals surface area contributed by atoms with Crippen LogP contribution in [0.5, 0.6) is 0 Å². The summed E-state index contributed by atoms with van der Waals surface area (Å²) in [6, 6.07) is 6.36. The molecule has 0 radical (unpaired) electrons. The number of aromatic nitrogens is 6. The fraction of sp³-hybridized carbons (Fsp3) is 0.429. The molecule has 0 aliphatic carbocycles. The Kier molecular flexibility index (Phi) is 10.2. The second-order valence-corrected chi connectivity index (χ2v) is 11.1. The molecule has 3 aromatic heterocycles. The summed E-state index contributed by atoms with van der Waals surface area (Å²) < 4.78 is 14.9. The third-order valence-electron chi connectivity index (χ3n) is 6.66. The zero-order valence-electron chi connectivity index (χ0n) is 23.9. The van der Waals surface area contributed by atoms with E-state index in [4.69, 9.17) is 11.6 Å². The fourth-order valence-electron chi connectivity index (χ4n) is 4.19. The highest BCUT2D eigenvalue weighted by atomic mass is 35.5. The predicted molar refractivity (Wildman–Crippen MR) is 154 cm³/mol. The maximum absolute atomic E-state index is 13.3. The molecular formula is C28H36ClFN8O2. The molecule has 12 heteroatoms. The number of carbonyl (C=O) groups is 2. The molecule has 1 N–H and O–H groups in total. The van der Waals surface area contributed by atoms with Crippen LogP contribution in [0, 0.1) is 12.7 Å². The number of H-pyrrole nitrogens is 1. The number of likely N-dealkylation sites (N-methyl/N-ethyl adjacent to an activating group) is 2. The van der Waals surface area contributed by atoms with Crippen LogP contribution in [0.4, 0.5) is 4.39 Å². The van der Waals surface area contributed by atoms with Gasteiger partial charge < -0.3 is 4.90 Å². The molecule has 0 atom stereocenters. The van der Waals surface area contributed by atoms with Gasteiger partial charge in [-0.25, -0.2) is 18.9 Å². The molecule has 0 bridgehead atoms. The number of fused-ring (bicyclic) bond motifs is 1. The molecule has 0 unspecified atom stereocenters. The number of hydrogen-bond acceptors (Lipinski definition) is 8. The number of hydrogen-bond donors (Lipinski definition) is 1. The molecule has 5 rings (SSSR count). The third-order valence-corrected chi connectivity index (χ3v) is 6.95. The maximum Gasteiger partial charge on any atom is 0.214 e. The number of aldehydes is 2. The van der Waals surface area contributed by atoms with E-state index in [2.05, 4.69) is 63.0 Å². The average Bonchev–Trinajstić information content (AvgIpc) is 3.53. The van der Waals surface area contributed by atoms with Crippen LogP contribution in [0.25, 0.3) is 16.9 Å². The van der Waals surface area contributed by atoms with Crippen molar-refractivity contribution in [1.82, 2.24) is 39.6 Å². The van der Waals surface area contributed by atoms with Crippen LogP contribution in [-0.2, 0) is 0 Å². The van der Waals surface area contributed by atoms with Crippen LogP contribution in [0.2, 0.25) is 5.02 Å². The largest absolute Gasteiger partial charge is 0.303 e. The number of piperazine rings is 1. The van der Waals surface area contributed by atoms with Gasteiger partial charge in [-0.1, -0.05) is 25.4 Å². The van der Waals surface area contributed by atoms with Gasteiger partial charge in [0.05, 0.1) is 16.9 Å². The highest BCUT2D eigenvalue weighted by Gasteiger charge is 2.28. The molecular weight excluding hydrogens is 535 g/mol. The van der Waals surface area contributed by atoms with Crippen molar-refractivity contribution >= 4 is 29.8 Å². The van der Waals surface area contributed by atoms with Crippen LogP contribution in [0.3, 0.4) is 0 Å². The number of halogens is 2. The molecule has 1 aliphatic heterocycles. The first-order valence-corrected chi connectivity index (χ1v) is 13.3. The minimum Gasteiger partial charge on any atom is -0.303 e. The summed E-state index contributed by atoms with van der Waals surface area (Å²) in [5, 5.41) is 10.5. The zero-order valence-corrected chi connectivity index (χ0v) is 24.7. The fourth-order valence-corrected chi connectivity index (χ4v) is 4.37. The molecule has 4 heterocycles. The number of imidazole rings is 1. The van der Waals surface area contributed by atoms with E-state index in [1.807, 2.05) is 19.9 Å². The topological polar surface area (TPSA) is 112 Å². The van der Waals surface area contributed by atoms with Crippen molar-refractivity contribution < 1.29 is 14.0 Å². The number of aryl methyl sites for hydroxylation is 1. The van der Waals surface area contributed by atoms with Gasteiger partial charge in [-0.3, -0.25) is 19.6 Å². The number of nitrogens with zero attached hydrogens (tertiary/aromatic N) is 7. The molecule has 4 aromatic rings. The summed E-state index contributed by atoms with van der Waals surface area (Å²) in [4.78, 5) is 33.6. The Bertz CT molecular complexity index is 1470. The van der Waals surface area contributed by atoms with Crippen molar-refractivity contribution in [3.05, 3.63) is 64.2 Å². The number of aromatic amines is 1. The van der Waals surface area contributed by atoms with Gasteiger partial charge in [-0.2, -0.15) is 10.2 Å². The summed E-state index contributed by atoms with van der Waals surface area (Å²) in [5.74, 6) is 0.595. The first-order chi connectivity index (χ1) is 18.8. The average molecular weight is 571 g/mol. The van der Waals surface area contributed by atoms with Crippen LogP contribution in [0.1, 0.15) is 66.1 Å². The van der Waals surface area contributed by atoms with Crippen molar-refractivity contribution in [3.63, 3.8) is 0 Å². The predicted octanol–water partition coefficient (Wildman–Crippen LogP) is 4.69. The van der Waals surface area contributed by atoms with E-state index >= 15 is 0 Å². The second kappa shape index (κ2) is 13.2. The smallest absolute Gasteiger partial charge is 0.214 e. The molecule has 40 heavy (non-hydrogen) atoms. The van der Waals surface area contributed by atoms with E-state index < -0.39 is 5.82 Å². The Morgan fingerprint density at radius 3 is 2.33 bits per heavy atom. The highest BCUT2D eigenvalue weighted by Crippen LogP contribution is 2.28. The number of benzene rings is 1. The van der Waals surface area contributed by atoms with Gasteiger partial charge in [-0.15, -0.1) is 0 Å². The summed E-state index contributed by atoms with van der Waals surface area (Å²) in [6.45, 7) is 14.0. The minimum absolute atomic E-state index is 0.0460. The van der Waals surface area contributed by atoms with Gasteiger partial charge in [0.1, 0.15) is 17.3 Å². The summed E-state index contributed by atoms with van der Waals surface area (Å²) >= 11 is 5.84. The minimum atomic E-state index is -0.471. The lowest BCUT2D eigenvalue weighted by molar-refractivity contribution is 0.0541. The number of nitrogens with one attached hydrogen (secondary N) is 1. The van der Waals surface area contributed by atoms with Crippen LogP contribution in [0.15, 0.2) is 30.5 Å². The Balaban J connectivity index is 0.000000201. The van der Waals surface area contributed by atoms with E-state index in [0.29, 0.717) is 46.5 Å². The molecule has 1 saturated heterocycles. The van der Waals surface area contributed by atoms with Crippen molar-refractivity contribution in [1.29, 1.82) is 0 Å². The maximum atomic E-state index is 13.3. The first-order valence-electron chi connectivity index (χ1n) is 12.9. The second-order valence-electron chi connectivity index (χ2n) is 10.7. The zero-order chi connectivity index (χ0) is 29.6. The van der Waals surface area contributed by atoms with E-state index in [9.17, 15) is 14.0 Å². The van der Waals surface area contributed by atoms with Crippen LogP contribution >= 0.6 is 11.6 Å². The first kappa shape index (κ1) is 31.0. The van der Waals surface area contributed by atoms with Crippen molar-refractivity contribution in [2.75, 3.05) is 33.7 Å². The van der Waals surface area contributed by atoms with E-state index in [0.717, 1.165) is 5.56 Å². The Labute approximate surface area is 238 Å². The summed E-state index contributed by atoms with van der Waals surface area (Å²) in [5.41, 5.74) is 3.65. The third kappa shape index (κ3) is 7.77. The van der Waals surface area contributed by atoms with Crippen molar-refractivity contribution in [2.24, 2.45) is 0 Å². The molecule has 1 fully saturated rings. The Morgan fingerprint density at radius 1 is 1.10 bits per heavy atom. The lowest BCUT2D eigenvalue weighted by Crippen LogP contribution is -2.56. The molecule has 0 spiro atoms. The summed E-state index contributed by atoms with van der Waals surface area (Å²) in [6.07, 6.45) is 2.86. The number of rotatable bonds is 4. The standard InChI is InChI=1S/C16H13ClFN3O.C8H18N2.C4H5N3O/c1-9(2)12-6-15(10-3-4-14(18)13(17)5-10)20-21-7-11(8-22)19-16(12)21;1-8(2)7-9(3)5-6-10(8)4;1-3-5-4(2-8)7-6-3/h3-9H,1-2H3;5-7H2,1-4H3;2H,1H3,(H,5,6,7). The Hall–Kier alpha value is -3.54. The van der Waals surface area contributed by atoms with Crippen molar-refractivity contribution in [3.8, 4) is 11.3 Å². The molecule has 214 valence electrons. The van der Waals surface area contributed by atoms with Crippen LogP contribution < -0.4 is 0 Å². The van der Waals surface area contributed by atoms with E-state index in [1.54, 1.807) is 23.7 Å². The highest BCUT2D eigenvalue weighted by molar-refractivity contribution is 6.31. The number of carbonyl (C=O) groups excluding carboxylic acids is 2. The van der Waals surface area contributed by atoms with Gasteiger partial charge in [0.2, 0.25) is 5.82 Å². The molecule has 10 nitrogen and oxygen atoms in total. The van der Waals surface area contributed by atoms with Gasteiger partial charge >= 0.3 is 0 Å². The Morgan fingerprint density at radius 2 is 1.82 bits per heavy atom. The summed E-state index contributed by atoms with van der Waals surface area (Å²) in [7, 11) is 4.39. The molecule has 0 amide bonds. The SMILES string of the molecule is CC(C)c1cc(-c2ccc(F)c(Cl)c2)nn2cc(C=O)nc12.CN1CCN(C)C(C)(C)C1.Cc1nc(C=O)n[nH]1. The van der Waals surface area contributed by atoms with Crippen LogP contribution in [-0.4, -0.2) is 91.4 Å². The quantitative estimate of drug-likeness (QED) is 0.352. The lowest BCUT2D eigenvalue weighted by Gasteiger charge is -2.44. The van der Waals surface area contributed by atoms with E-state index in [1.165, 1.54) is 31.8 Å². The molecule has 1 aliphatic rings.